The fourth-order valence-electron chi connectivity index (χ4n) is 2.84. The van der Waals surface area contributed by atoms with Crippen LogP contribution < -0.4 is 9.47 Å². The van der Waals surface area contributed by atoms with Crippen LogP contribution in [0.2, 0.25) is 0 Å². The second-order valence-electron chi connectivity index (χ2n) is 6.39. The van der Waals surface area contributed by atoms with E-state index in [1.807, 2.05) is 0 Å². The van der Waals surface area contributed by atoms with E-state index in [0.717, 1.165) is 0 Å². The number of methoxy groups -OCH3 is 1. The molecule has 0 N–H and O–H groups in total. The smallest absolute Gasteiger partial charge is 0.269 e. The molecule has 3 rings (SSSR count). The molecule has 0 heterocycles. The van der Waals surface area contributed by atoms with Crippen LogP contribution in [0.5, 0.6) is 11.5 Å². The predicted molar refractivity (Wildman–Crippen MR) is 118 cm³/mol. The molecule has 0 amide bonds. The first-order valence-corrected chi connectivity index (χ1v) is 9.82. The predicted octanol–water partition coefficient (Wildman–Crippen LogP) is 6.15. The van der Waals surface area contributed by atoms with Gasteiger partial charge in [-0.05, 0) is 63.5 Å². The van der Waals surface area contributed by atoms with Gasteiger partial charge in [0.15, 0.2) is 11.5 Å². The zero-order chi connectivity index (χ0) is 22.4. The zero-order valence-electron chi connectivity index (χ0n) is 16.3. The second-order valence-corrected chi connectivity index (χ2v) is 7.24. The van der Waals surface area contributed by atoms with Crippen molar-refractivity contribution in [3.63, 3.8) is 0 Å². The number of nitro benzene ring substituents is 1. The van der Waals surface area contributed by atoms with E-state index in [4.69, 9.17) is 9.47 Å². The Labute approximate surface area is 186 Å². The molecular formula is C23H16BrFN2O4. The summed E-state index contributed by atoms with van der Waals surface area (Å²) in [5, 5.41) is 20.4. The number of nitriles is 1. The highest BCUT2D eigenvalue weighted by molar-refractivity contribution is 9.10. The Bertz CT molecular complexity index is 1190. The van der Waals surface area contributed by atoms with E-state index in [1.165, 1.54) is 37.4 Å². The van der Waals surface area contributed by atoms with Crippen LogP contribution in [-0.2, 0) is 6.61 Å². The van der Waals surface area contributed by atoms with Gasteiger partial charge in [0, 0.05) is 17.7 Å². The van der Waals surface area contributed by atoms with Crippen molar-refractivity contribution in [1.29, 1.82) is 5.26 Å². The Morgan fingerprint density at radius 3 is 2.55 bits per heavy atom. The molecule has 0 spiro atoms. The number of non-ortho nitro benzene ring substituents is 1. The van der Waals surface area contributed by atoms with Gasteiger partial charge in [0.25, 0.3) is 5.69 Å². The normalized spacial score (nSPS) is 11.0. The number of nitro groups is 1. The minimum Gasteiger partial charge on any atom is -0.493 e. The van der Waals surface area contributed by atoms with Crippen molar-refractivity contribution in [2.45, 2.75) is 6.61 Å². The van der Waals surface area contributed by atoms with Crippen LogP contribution in [0.15, 0.2) is 65.1 Å². The number of allylic oxidation sites excluding steroid dienone is 1. The maximum Gasteiger partial charge on any atom is 0.269 e. The summed E-state index contributed by atoms with van der Waals surface area (Å²) in [5.74, 6) is 0.439. The highest BCUT2D eigenvalue weighted by Gasteiger charge is 2.14. The molecule has 0 radical (unpaired) electrons. The van der Waals surface area contributed by atoms with Gasteiger partial charge >= 0.3 is 0 Å². The molecule has 3 aromatic carbocycles. The summed E-state index contributed by atoms with van der Waals surface area (Å²) in [6.07, 6.45) is 1.63. The minimum atomic E-state index is -0.498. The third-order valence-electron chi connectivity index (χ3n) is 4.40. The minimum absolute atomic E-state index is 0.0169. The molecule has 0 fully saturated rings. The Morgan fingerprint density at radius 2 is 1.94 bits per heavy atom. The maximum absolute atomic E-state index is 13.9. The number of nitrogens with zero attached hydrogens (tertiary/aromatic N) is 2. The van der Waals surface area contributed by atoms with Crippen LogP contribution >= 0.6 is 15.9 Å². The number of rotatable bonds is 7. The molecule has 0 aliphatic heterocycles. The lowest BCUT2D eigenvalue weighted by atomic mass is 10.0. The van der Waals surface area contributed by atoms with E-state index < -0.39 is 4.92 Å². The van der Waals surface area contributed by atoms with Gasteiger partial charge in [-0.3, -0.25) is 10.1 Å². The summed E-state index contributed by atoms with van der Waals surface area (Å²) in [5.41, 5.74) is 1.87. The van der Waals surface area contributed by atoms with E-state index >= 15 is 0 Å². The third-order valence-corrected chi connectivity index (χ3v) is 4.99. The molecule has 8 heteroatoms. The van der Waals surface area contributed by atoms with Crippen molar-refractivity contribution in [2.24, 2.45) is 0 Å². The number of hydrogen-bond donors (Lipinski definition) is 0. The fourth-order valence-corrected chi connectivity index (χ4v) is 3.41. The van der Waals surface area contributed by atoms with Crippen LogP contribution in [-0.4, -0.2) is 12.0 Å². The molecule has 6 nitrogen and oxygen atoms in total. The summed E-state index contributed by atoms with van der Waals surface area (Å²) in [7, 11) is 1.48. The molecule has 0 saturated carbocycles. The standard InChI is InChI=1S/C23H16BrFN2O4/c1-30-22-12-15(10-18(13-26)16-6-8-19(9-7-16)27(28)29)11-20(24)23(22)31-14-17-4-2-3-5-21(17)25/h2-12H,14H2,1H3/b18-10-. The lowest BCUT2D eigenvalue weighted by Gasteiger charge is -2.14. The van der Waals surface area contributed by atoms with E-state index in [2.05, 4.69) is 22.0 Å². The topological polar surface area (TPSA) is 85.4 Å². The molecule has 31 heavy (non-hydrogen) atoms. The molecule has 0 aliphatic rings. The number of hydrogen-bond acceptors (Lipinski definition) is 5. The molecule has 0 aromatic heterocycles. The van der Waals surface area contributed by atoms with Gasteiger partial charge in [-0.2, -0.15) is 5.26 Å². The lowest BCUT2D eigenvalue weighted by Crippen LogP contribution is -2.01. The Hall–Kier alpha value is -3.70. The zero-order valence-corrected chi connectivity index (χ0v) is 17.9. The van der Waals surface area contributed by atoms with Gasteiger partial charge in [-0.15, -0.1) is 0 Å². The molecule has 0 saturated heterocycles. The van der Waals surface area contributed by atoms with Crippen LogP contribution in [0.25, 0.3) is 11.6 Å². The largest absolute Gasteiger partial charge is 0.493 e. The molecule has 0 unspecified atom stereocenters. The third kappa shape index (κ3) is 5.27. The summed E-state index contributed by atoms with van der Waals surface area (Å²) >= 11 is 3.44. The fraction of sp³-hybridized carbons (Fsp3) is 0.0870. The van der Waals surface area contributed by atoms with Gasteiger partial charge in [0.2, 0.25) is 0 Å². The molecule has 3 aromatic rings. The molecule has 0 aliphatic carbocycles. The Balaban J connectivity index is 1.89. The Morgan fingerprint density at radius 1 is 1.23 bits per heavy atom. The van der Waals surface area contributed by atoms with E-state index in [-0.39, 0.29) is 18.1 Å². The molecule has 0 bridgehead atoms. The number of ether oxygens (including phenoxy) is 2. The summed E-state index contributed by atoms with van der Waals surface area (Å²) in [4.78, 5) is 10.3. The van der Waals surface area contributed by atoms with Gasteiger partial charge in [0.1, 0.15) is 12.4 Å². The summed E-state index contributed by atoms with van der Waals surface area (Å²) in [6, 6.07) is 17.6. The van der Waals surface area contributed by atoms with Gasteiger partial charge < -0.3 is 9.47 Å². The molecule has 0 atom stereocenters. The number of benzene rings is 3. The van der Waals surface area contributed by atoms with Crippen molar-refractivity contribution >= 4 is 33.3 Å². The average Bonchev–Trinajstić information content (AvgIpc) is 2.77. The van der Waals surface area contributed by atoms with Crippen LogP contribution in [0.1, 0.15) is 16.7 Å². The first-order valence-electron chi connectivity index (χ1n) is 9.03. The van der Waals surface area contributed by atoms with Crippen LogP contribution in [0.3, 0.4) is 0 Å². The monoisotopic (exact) mass is 482 g/mol. The highest BCUT2D eigenvalue weighted by Crippen LogP contribution is 2.38. The van der Waals surface area contributed by atoms with E-state index in [1.54, 1.807) is 36.4 Å². The van der Waals surface area contributed by atoms with E-state index in [9.17, 15) is 19.8 Å². The SMILES string of the molecule is COc1cc(/C=C(/C#N)c2ccc([N+](=O)[O-])cc2)cc(Br)c1OCc1ccccc1F. The average molecular weight is 483 g/mol. The van der Waals surface area contributed by atoms with Crippen molar-refractivity contribution in [2.75, 3.05) is 7.11 Å². The van der Waals surface area contributed by atoms with E-state index in [0.29, 0.717) is 38.2 Å². The van der Waals surface area contributed by atoms with Crippen molar-refractivity contribution in [3.05, 3.63) is 97.8 Å². The lowest BCUT2D eigenvalue weighted by molar-refractivity contribution is -0.384. The quantitative estimate of drug-likeness (QED) is 0.174. The highest BCUT2D eigenvalue weighted by atomic mass is 79.9. The summed E-state index contributed by atoms with van der Waals surface area (Å²) in [6.45, 7) is 0.0169. The Kier molecular flexibility index (Phi) is 7.00. The van der Waals surface area contributed by atoms with Gasteiger partial charge in [0.05, 0.1) is 28.1 Å². The molecule has 156 valence electrons. The maximum atomic E-state index is 13.9. The first-order chi connectivity index (χ1) is 14.9. The van der Waals surface area contributed by atoms with Crippen LogP contribution in [0, 0.1) is 27.3 Å². The second kappa shape index (κ2) is 9.87. The first kappa shape index (κ1) is 22.0. The van der Waals surface area contributed by atoms with Crippen molar-refractivity contribution < 1.29 is 18.8 Å². The summed E-state index contributed by atoms with van der Waals surface area (Å²) < 4.78 is 25.6. The molecular weight excluding hydrogens is 467 g/mol. The number of halogens is 2. The van der Waals surface area contributed by atoms with Crippen molar-refractivity contribution in [1.82, 2.24) is 0 Å². The van der Waals surface area contributed by atoms with Gasteiger partial charge in [-0.1, -0.05) is 18.2 Å². The van der Waals surface area contributed by atoms with Gasteiger partial charge in [-0.25, -0.2) is 4.39 Å². The van der Waals surface area contributed by atoms with Crippen LogP contribution in [0.4, 0.5) is 10.1 Å². The van der Waals surface area contributed by atoms with Crippen molar-refractivity contribution in [3.8, 4) is 17.6 Å².